The number of aromatic hydroxyl groups is 1. The number of ether oxygens (including phenoxy) is 1. The molecular weight excluding hydrogens is 292 g/mol. The van der Waals surface area contributed by atoms with E-state index in [-0.39, 0.29) is 17.1 Å². The van der Waals surface area contributed by atoms with Crippen molar-refractivity contribution in [1.29, 1.82) is 0 Å². The molecule has 1 aromatic carbocycles. The molecule has 0 radical (unpaired) electrons. The average molecular weight is 318 g/mol. The maximum atomic E-state index is 12.4. The fourth-order valence-corrected chi connectivity index (χ4v) is 2.76. The predicted molar refractivity (Wildman–Crippen MR) is 94.1 cm³/mol. The summed E-state index contributed by atoms with van der Waals surface area (Å²) >= 11 is 0. The standard InChI is InChI=1S/C18H26N2O3/c1-3-4-5-6-7-8-12-23-17-16(21)15-13(19)10-9-11-14(15)20(2)18(17)22/h9-11,21H,3-8,12,19H2,1-2H3. The molecule has 0 saturated heterocycles. The van der Waals surface area contributed by atoms with Crippen molar-refractivity contribution >= 4 is 16.6 Å². The summed E-state index contributed by atoms with van der Waals surface area (Å²) in [5.41, 5.74) is 6.62. The van der Waals surface area contributed by atoms with Crippen molar-refractivity contribution in [1.82, 2.24) is 4.57 Å². The molecule has 0 aliphatic heterocycles. The lowest BCUT2D eigenvalue weighted by Crippen LogP contribution is -2.20. The number of nitrogens with zero attached hydrogens (tertiary/aromatic N) is 1. The first kappa shape index (κ1) is 17.2. The zero-order valence-corrected chi connectivity index (χ0v) is 14.0. The monoisotopic (exact) mass is 318 g/mol. The number of rotatable bonds is 8. The number of hydrogen-bond acceptors (Lipinski definition) is 4. The Bertz CT molecular complexity index is 722. The fourth-order valence-electron chi connectivity index (χ4n) is 2.76. The van der Waals surface area contributed by atoms with Gasteiger partial charge in [-0.15, -0.1) is 0 Å². The van der Waals surface area contributed by atoms with E-state index in [1.807, 2.05) is 0 Å². The van der Waals surface area contributed by atoms with Crippen molar-refractivity contribution in [2.24, 2.45) is 7.05 Å². The Labute approximate surface area is 136 Å². The van der Waals surface area contributed by atoms with Crippen LogP contribution in [0.5, 0.6) is 11.5 Å². The van der Waals surface area contributed by atoms with E-state index in [4.69, 9.17) is 10.5 Å². The third kappa shape index (κ3) is 3.78. The van der Waals surface area contributed by atoms with Crippen LogP contribution in [-0.4, -0.2) is 16.3 Å². The highest BCUT2D eigenvalue weighted by Gasteiger charge is 2.17. The van der Waals surface area contributed by atoms with E-state index in [0.29, 0.717) is 23.2 Å². The molecule has 0 fully saturated rings. The number of nitrogen functional groups attached to an aromatic ring is 1. The number of fused-ring (bicyclic) bond motifs is 1. The van der Waals surface area contributed by atoms with Crippen molar-refractivity contribution < 1.29 is 9.84 Å². The van der Waals surface area contributed by atoms with Crippen LogP contribution < -0.4 is 16.0 Å². The minimum absolute atomic E-state index is 0.00791. The predicted octanol–water partition coefficient (Wildman–Crippen LogP) is 3.57. The molecule has 23 heavy (non-hydrogen) atoms. The van der Waals surface area contributed by atoms with Crippen LogP contribution in [0.3, 0.4) is 0 Å². The van der Waals surface area contributed by atoms with Gasteiger partial charge in [-0.3, -0.25) is 4.79 Å². The van der Waals surface area contributed by atoms with Crippen LogP contribution in [-0.2, 0) is 7.05 Å². The topological polar surface area (TPSA) is 77.5 Å². The van der Waals surface area contributed by atoms with Gasteiger partial charge in [0.2, 0.25) is 5.75 Å². The maximum absolute atomic E-state index is 12.4. The summed E-state index contributed by atoms with van der Waals surface area (Å²) in [7, 11) is 1.65. The van der Waals surface area contributed by atoms with Gasteiger partial charge in [0, 0.05) is 12.7 Å². The van der Waals surface area contributed by atoms with E-state index < -0.39 is 0 Å². The number of aryl methyl sites for hydroxylation is 1. The first-order chi connectivity index (χ1) is 11.1. The van der Waals surface area contributed by atoms with Crippen LogP contribution in [0.15, 0.2) is 23.0 Å². The van der Waals surface area contributed by atoms with Gasteiger partial charge in [0.15, 0.2) is 5.75 Å². The Hall–Kier alpha value is -2.17. The van der Waals surface area contributed by atoms with Crippen LogP contribution >= 0.6 is 0 Å². The molecule has 2 rings (SSSR count). The summed E-state index contributed by atoms with van der Waals surface area (Å²) in [4.78, 5) is 12.4. The van der Waals surface area contributed by atoms with E-state index in [1.54, 1.807) is 25.2 Å². The second kappa shape index (κ2) is 7.90. The third-order valence-electron chi connectivity index (χ3n) is 4.13. The van der Waals surface area contributed by atoms with E-state index >= 15 is 0 Å². The molecule has 0 saturated carbocycles. The molecule has 0 bridgehead atoms. The number of pyridine rings is 1. The largest absolute Gasteiger partial charge is 0.504 e. The zero-order valence-electron chi connectivity index (χ0n) is 14.0. The van der Waals surface area contributed by atoms with Crippen LogP contribution in [0, 0.1) is 0 Å². The number of aromatic nitrogens is 1. The highest BCUT2D eigenvalue weighted by atomic mass is 16.5. The lowest BCUT2D eigenvalue weighted by Gasteiger charge is -2.14. The molecule has 2 aromatic rings. The molecule has 0 aliphatic rings. The molecule has 0 atom stereocenters. The highest BCUT2D eigenvalue weighted by molar-refractivity contribution is 5.97. The van der Waals surface area contributed by atoms with Crippen LogP contribution in [0.4, 0.5) is 5.69 Å². The van der Waals surface area contributed by atoms with Crippen LogP contribution in [0.1, 0.15) is 45.4 Å². The second-order valence-electron chi connectivity index (χ2n) is 5.90. The van der Waals surface area contributed by atoms with Gasteiger partial charge in [-0.1, -0.05) is 45.1 Å². The van der Waals surface area contributed by atoms with E-state index in [2.05, 4.69) is 6.92 Å². The smallest absolute Gasteiger partial charge is 0.297 e. The van der Waals surface area contributed by atoms with Gasteiger partial charge < -0.3 is 20.1 Å². The molecule has 5 nitrogen and oxygen atoms in total. The van der Waals surface area contributed by atoms with Crippen molar-refractivity contribution in [2.45, 2.75) is 45.4 Å². The lowest BCUT2D eigenvalue weighted by atomic mass is 10.1. The summed E-state index contributed by atoms with van der Waals surface area (Å²) in [5, 5.41) is 10.9. The molecular formula is C18H26N2O3. The van der Waals surface area contributed by atoms with Crippen molar-refractivity contribution in [2.75, 3.05) is 12.3 Å². The Morgan fingerprint density at radius 1 is 1.17 bits per heavy atom. The molecule has 126 valence electrons. The number of hydrogen-bond donors (Lipinski definition) is 2. The average Bonchev–Trinajstić information content (AvgIpc) is 2.54. The van der Waals surface area contributed by atoms with Gasteiger partial charge >= 0.3 is 0 Å². The Kier molecular flexibility index (Phi) is 5.90. The highest BCUT2D eigenvalue weighted by Crippen LogP contribution is 2.34. The van der Waals surface area contributed by atoms with E-state index in [9.17, 15) is 9.90 Å². The van der Waals surface area contributed by atoms with Crippen LogP contribution in [0.2, 0.25) is 0 Å². The molecule has 0 aliphatic carbocycles. The molecule has 0 unspecified atom stereocenters. The van der Waals surface area contributed by atoms with Gasteiger partial charge in [0.25, 0.3) is 5.56 Å². The van der Waals surface area contributed by atoms with Crippen molar-refractivity contribution in [3.8, 4) is 11.5 Å². The van der Waals surface area contributed by atoms with Crippen LogP contribution in [0.25, 0.3) is 10.9 Å². The summed E-state index contributed by atoms with van der Waals surface area (Å²) in [5.74, 6) is -0.168. The van der Waals surface area contributed by atoms with Gasteiger partial charge in [0.05, 0.1) is 17.5 Å². The number of anilines is 1. The fraction of sp³-hybridized carbons (Fsp3) is 0.500. The first-order valence-corrected chi connectivity index (χ1v) is 8.30. The van der Waals surface area contributed by atoms with Gasteiger partial charge in [-0.25, -0.2) is 0 Å². The number of benzene rings is 1. The Morgan fingerprint density at radius 3 is 2.61 bits per heavy atom. The van der Waals surface area contributed by atoms with Gasteiger partial charge in [0.1, 0.15) is 0 Å². The minimum atomic E-state index is -0.341. The van der Waals surface area contributed by atoms with Gasteiger partial charge in [-0.05, 0) is 18.6 Å². The Morgan fingerprint density at radius 2 is 1.87 bits per heavy atom. The van der Waals surface area contributed by atoms with Gasteiger partial charge in [-0.2, -0.15) is 0 Å². The summed E-state index contributed by atoms with van der Waals surface area (Å²) in [6.45, 7) is 2.61. The normalized spacial score (nSPS) is 11.0. The van der Waals surface area contributed by atoms with E-state index in [0.717, 1.165) is 12.8 Å². The minimum Gasteiger partial charge on any atom is -0.504 e. The van der Waals surface area contributed by atoms with Crippen molar-refractivity contribution in [3.63, 3.8) is 0 Å². The van der Waals surface area contributed by atoms with E-state index in [1.165, 1.54) is 30.3 Å². The van der Waals surface area contributed by atoms with Crippen molar-refractivity contribution in [3.05, 3.63) is 28.6 Å². The zero-order chi connectivity index (χ0) is 16.8. The molecule has 1 aromatic heterocycles. The lowest BCUT2D eigenvalue weighted by molar-refractivity contribution is 0.284. The summed E-state index contributed by atoms with van der Waals surface area (Å²) in [6.07, 6.45) is 6.82. The molecule has 3 N–H and O–H groups in total. The Balaban J connectivity index is 2.12. The number of nitrogens with two attached hydrogens (primary N) is 1. The quantitative estimate of drug-likeness (QED) is 0.576. The molecule has 0 spiro atoms. The number of unbranched alkanes of at least 4 members (excludes halogenated alkanes) is 5. The molecule has 5 heteroatoms. The first-order valence-electron chi connectivity index (χ1n) is 8.30. The summed E-state index contributed by atoms with van der Waals surface area (Å²) < 4.78 is 7.04. The molecule has 0 amide bonds. The third-order valence-corrected chi connectivity index (χ3v) is 4.13. The molecule has 1 heterocycles. The second-order valence-corrected chi connectivity index (χ2v) is 5.90. The maximum Gasteiger partial charge on any atom is 0.297 e. The summed E-state index contributed by atoms with van der Waals surface area (Å²) in [6, 6.07) is 5.21. The SMILES string of the molecule is CCCCCCCCOc1c(O)c2c(N)cccc2n(C)c1=O.